The minimum atomic E-state index is 0.732. The van der Waals surface area contributed by atoms with E-state index < -0.39 is 0 Å². The molecule has 0 saturated carbocycles. The zero-order valence-electron chi connectivity index (χ0n) is 9.38. The molecule has 16 heavy (non-hydrogen) atoms. The van der Waals surface area contributed by atoms with Crippen molar-refractivity contribution in [1.29, 1.82) is 0 Å². The van der Waals surface area contributed by atoms with Gasteiger partial charge < -0.3 is 14.4 Å². The van der Waals surface area contributed by atoms with Crippen molar-refractivity contribution in [3.8, 4) is 11.5 Å². The minimum Gasteiger partial charge on any atom is -0.493 e. The molecule has 0 aliphatic carbocycles. The molecule has 0 unspecified atom stereocenters. The van der Waals surface area contributed by atoms with Crippen molar-refractivity contribution in [2.75, 3.05) is 25.7 Å². The molecule has 2 rings (SSSR count). The van der Waals surface area contributed by atoms with E-state index in [9.17, 15) is 0 Å². The Kier molecular flexibility index (Phi) is 3.10. The molecule has 0 aromatic heterocycles. The van der Waals surface area contributed by atoms with Crippen molar-refractivity contribution < 1.29 is 9.47 Å². The number of benzene rings is 1. The molecule has 1 aromatic carbocycles. The van der Waals surface area contributed by atoms with Crippen molar-refractivity contribution in [2.24, 2.45) is 4.99 Å². The van der Waals surface area contributed by atoms with Crippen molar-refractivity contribution in [1.82, 2.24) is 0 Å². The maximum Gasteiger partial charge on any atom is 0.162 e. The van der Waals surface area contributed by atoms with Gasteiger partial charge in [-0.2, -0.15) is 0 Å². The van der Waals surface area contributed by atoms with Crippen LogP contribution < -0.4 is 14.4 Å². The van der Waals surface area contributed by atoms with Gasteiger partial charge >= 0.3 is 0 Å². The highest BCUT2D eigenvalue weighted by Crippen LogP contribution is 2.31. The van der Waals surface area contributed by atoms with Gasteiger partial charge in [0.15, 0.2) is 11.5 Å². The Bertz CT molecular complexity index is 427. The Hall–Kier alpha value is -1.97. The SMILES string of the molecule is COc1ccc(N2C=CN=CC2)cc1OC. The molecule has 0 atom stereocenters. The molecule has 0 radical (unpaired) electrons. The Labute approximate surface area is 94.8 Å². The number of hydrogen-bond donors (Lipinski definition) is 0. The average Bonchev–Trinajstić information content (AvgIpc) is 2.39. The Balaban J connectivity index is 2.28. The van der Waals surface area contributed by atoms with Crippen LogP contribution in [0.4, 0.5) is 5.69 Å². The summed E-state index contributed by atoms with van der Waals surface area (Å²) in [6.07, 6.45) is 5.55. The van der Waals surface area contributed by atoms with E-state index in [-0.39, 0.29) is 0 Å². The van der Waals surface area contributed by atoms with E-state index in [1.54, 1.807) is 20.4 Å². The third kappa shape index (κ3) is 2.00. The summed E-state index contributed by atoms with van der Waals surface area (Å²) in [6, 6.07) is 5.83. The van der Waals surface area contributed by atoms with E-state index in [1.807, 2.05) is 30.6 Å². The highest BCUT2D eigenvalue weighted by Gasteiger charge is 2.09. The van der Waals surface area contributed by atoms with E-state index in [0.29, 0.717) is 0 Å². The Morgan fingerprint density at radius 3 is 2.62 bits per heavy atom. The summed E-state index contributed by atoms with van der Waals surface area (Å²) in [5, 5.41) is 0. The normalized spacial score (nSPS) is 14.0. The molecule has 0 N–H and O–H groups in total. The molecule has 4 nitrogen and oxygen atoms in total. The first-order chi connectivity index (χ1) is 7.85. The van der Waals surface area contributed by atoms with Crippen LogP contribution in [-0.2, 0) is 0 Å². The first kappa shape index (κ1) is 10.5. The first-order valence-electron chi connectivity index (χ1n) is 5.02. The summed E-state index contributed by atoms with van der Waals surface area (Å²) in [7, 11) is 3.26. The van der Waals surface area contributed by atoms with Gasteiger partial charge in [-0.3, -0.25) is 4.99 Å². The smallest absolute Gasteiger partial charge is 0.162 e. The molecule has 0 amide bonds. The summed E-state index contributed by atoms with van der Waals surface area (Å²) in [5.41, 5.74) is 1.06. The van der Waals surface area contributed by atoms with Crippen molar-refractivity contribution in [2.45, 2.75) is 0 Å². The number of aliphatic imine (C=N–C) groups is 1. The number of anilines is 1. The third-order valence-electron chi connectivity index (χ3n) is 2.42. The summed E-state index contributed by atoms with van der Waals surface area (Å²) in [4.78, 5) is 6.10. The second-order valence-corrected chi connectivity index (χ2v) is 3.32. The van der Waals surface area contributed by atoms with Crippen molar-refractivity contribution in [3.63, 3.8) is 0 Å². The second kappa shape index (κ2) is 4.70. The lowest BCUT2D eigenvalue weighted by Crippen LogP contribution is -2.20. The summed E-state index contributed by atoms with van der Waals surface area (Å²) >= 11 is 0. The molecule has 1 heterocycles. The molecule has 1 aromatic rings. The molecule has 0 spiro atoms. The topological polar surface area (TPSA) is 34.1 Å². The molecule has 0 bridgehead atoms. The molecule has 0 saturated heterocycles. The van der Waals surface area contributed by atoms with Crippen LogP contribution in [0.3, 0.4) is 0 Å². The zero-order chi connectivity index (χ0) is 11.4. The molecule has 1 aliphatic heterocycles. The fourth-order valence-corrected chi connectivity index (χ4v) is 1.57. The first-order valence-corrected chi connectivity index (χ1v) is 5.02. The van der Waals surface area contributed by atoms with Crippen LogP contribution in [0.2, 0.25) is 0 Å². The second-order valence-electron chi connectivity index (χ2n) is 3.32. The number of hydrogen-bond acceptors (Lipinski definition) is 4. The van der Waals surface area contributed by atoms with Gasteiger partial charge in [-0.25, -0.2) is 0 Å². The van der Waals surface area contributed by atoms with Crippen molar-refractivity contribution in [3.05, 3.63) is 30.6 Å². The lowest BCUT2D eigenvalue weighted by molar-refractivity contribution is 0.355. The Morgan fingerprint density at radius 1 is 1.19 bits per heavy atom. The molecule has 0 fully saturated rings. The number of nitrogens with zero attached hydrogens (tertiary/aromatic N) is 2. The van der Waals surface area contributed by atoms with Gasteiger partial charge in [-0.1, -0.05) is 0 Å². The monoisotopic (exact) mass is 218 g/mol. The molecule has 84 valence electrons. The predicted octanol–water partition coefficient (Wildman–Crippen LogP) is 2.07. The van der Waals surface area contributed by atoms with Gasteiger partial charge in [0.1, 0.15) is 0 Å². The lowest BCUT2D eigenvalue weighted by Gasteiger charge is -2.21. The predicted molar refractivity (Wildman–Crippen MR) is 64.5 cm³/mol. The molecule has 4 heteroatoms. The maximum atomic E-state index is 5.26. The number of methoxy groups -OCH3 is 2. The largest absolute Gasteiger partial charge is 0.493 e. The van der Waals surface area contributed by atoms with Crippen LogP contribution >= 0.6 is 0 Å². The van der Waals surface area contributed by atoms with E-state index in [2.05, 4.69) is 9.89 Å². The summed E-state index contributed by atoms with van der Waals surface area (Å²) in [5.74, 6) is 1.47. The lowest BCUT2D eigenvalue weighted by atomic mass is 10.2. The van der Waals surface area contributed by atoms with Crippen LogP contribution in [0.5, 0.6) is 11.5 Å². The molecular weight excluding hydrogens is 204 g/mol. The van der Waals surface area contributed by atoms with Gasteiger partial charge in [0.25, 0.3) is 0 Å². The number of ether oxygens (including phenoxy) is 2. The summed E-state index contributed by atoms with van der Waals surface area (Å²) < 4.78 is 10.4. The fourth-order valence-electron chi connectivity index (χ4n) is 1.57. The molecular formula is C12H14N2O2. The quantitative estimate of drug-likeness (QED) is 0.778. The zero-order valence-corrected chi connectivity index (χ0v) is 9.38. The van der Waals surface area contributed by atoms with Crippen LogP contribution in [0.15, 0.2) is 35.6 Å². The van der Waals surface area contributed by atoms with E-state index in [0.717, 1.165) is 23.7 Å². The van der Waals surface area contributed by atoms with E-state index >= 15 is 0 Å². The van der Waals surface area contributed by atoms with Crippen LogP contribution in [0.25, 0.3) is 0 Å². The highest BCUT2D eigenvalue weighted by atomic mass is 16.5. The van der Waals surface area contributed by atoms with Crippen LogP contribution in [0, 0.1) is 0 Å². The molecule has 1 aliphatic rings. The highest BCUT2D eigenvalue weighted by molar-refractivity contribution is 5.71. The van der Waals surface area contributed by atoms with Gasteiger partial charge in [-0.05, 0) is 12.1 Å². The van der Waals surface area contributed by atoms with Gasteiger partial charge in [0, 0.05) is 30.4 Å². The van der Waals surface area contributed by atoms with Gasteiger partial charge in [-0.15, -0.1) is 0 Å². The third-order valence-corrected chi connectivity index (χ3v) is 2.42. The van der Waals surface area contributed by atoms with Crippen molar-refractivity contribution >= 4 is 11.9 Å². The summed E-state index contributed by atoms with van der Waals surface area (Å²) in [6.45, 7) is 0.770. The average molecular weight is 218 g/mol. The van der Waals surface area contributed by atoms with Crippen LogP contribution in [-0.4, -0.2) is 27.0 Å². The van der Waals surface area contributed by atoms with E-state index in [1.165, 1.54) is 0 Å². The van der Waals surface area contributed by atoms with Crippen LogP contribution in [0.1, 0.15) is 0 Å². The van der Waals surface area contributed by atoms with Gasteiger partial charge in [0.05, 0.1) is 20.8 Å². The fraction of sp³-hybridized carbons (Fsp3) is 0.250. The van der Waals surface area contributed by atoms with E-state index in [4.69, 9.17) is 9.47 Å². The number of rotatable bonds is 3. The van der Waals surface area contributed by atoms with Gasteiger partial charge in [0.2, 0.25) is 0 Å². The maximum absolute atomic E-state index is 5.26. The Morgan fingerprint density at radius 2 is 2.00 bits per heavy atom. The minimum absolute atomic E-state index is 0.732. The standard InChI is InChI=1S/C12H14N2O2/c1-15-11-4-3-10(9-12(11)16-2)14-7-5-13-6-8-14/h3-7,9H,8H2,1-2H3.